The van der Waals surface area contributed by atoms with Crippen molar-refractivity contribution in [2.75, 3.05) is 33.4 Å². The molecular weight excluding hydrogens is 306 g/mol. The number of hydrogen-bond acceptors (Lipinski definition) is 4. The minimum Gasteiger partial charge on any atom is -0.361 e. The van der Waals surface area contributed by atoms with Gasteiger partial charge in [0.05, 0.1) is 10.9 Å². The first-order valence-electron chi connectivity index (χ1n) is 6.69. The van der Waals surface area contributed by atoms with Crippen molar-refractivity contribution in [3.63, 3.8) is 0 Å². The zero-order valence-corrected chi connectivity index (χ0v) is 14.5. The Morgan fingerprint density at radius 3 is 2.33 bits per heavy atom. The van der Waals surface area contributed by atoms with Crippen LogP contribution in [-0.2, 0) is 9.84 Å². The molecule has 0 heterocycles. The third-order valence-electron chi connectivity index (χ3n) is 3.00. The molecule has 1 aromatic rings. The Hall–Kier alpha value is -1.18. The highest BCUT2D eigenvalue weighted by atomic mass is 32.2. The van der Waals surface area contributed by atoms with E-state index in [4.69, 9.17) is 12.2 Å². The lowest BCUT2D eigenvalue weighted by molar-refractivity contribution is 0.412. The van der Waals surface area contributed by atoms with Crippen molar-refractivity contribution >= 4 is 27.2 Å². The van der Waals surface area contributed by atoms with Gasteiger partial charge in [-0.25, -0.2) is 8.42 Å². The van der Waals surface area contributed by atoms with Crippen LogP contribution in [0.1, 0.15) is 18.5 Å². The molecule has 21 heavy (non-hydrogen) atoms. The van der Waals surface area contributed by atoms with Crippen LogP contribution >= 0.6 is 12.2 Å². The van der Waals surface area contributed by atoms with Gasteiger partial charge in [0.1, 0.15) is 0 Å². The summed E-state index contributed by atoms with van der Waals surface area (Å²) < 4.78 is 22.8. The Labute approximate surface area is 132 Å². The molecule has 1 atom stereocenters. The van der Waals surface area contributed by atoms with Crippen molar-refractivity contribution < 1.29 is 8.42 Å². The summed E-state index contributed by atoms with van der Waals surface area (Å²) in [5.74, 6) is 0. The molecular formula is C14H23N3O2S2. The minimum atomic E-state index is -3.15. The average Bonchev–Trinajstić information content (AvgIpc) is 2.37. The number of likely N-dealkylation sites (N-methyl/N-ethyl adjacent to an activating group) is 1. The molecule has 0 aliphatic rings. The largest absolute Gasteiger partial charge is 0.361 e. The standard InChI is InChI=1S/C14H23N3O2S2/c1-11(16-14(20)15-9-10-17(2)3)12-5-7-13(8-6-12)21(4,18)19/h5-8,11H,9-10H2,1-4H3,(H2,15,16,20)/t11-/m0/s1. The summed E-state index contributed by atoms with van der Waals surface area (Å²) in [7, 11) is 0.856. The van der Waals surface area contributed by atoms with Gasteiger partial charge in [0.15, 0.2) is 14.9 Å². The van der Waals surface area contributed by atoms with Crippen molar-refractivity contribution in [1.29, 1.82) is 0 Å². The molecule has 1 rings (SSSR count). The number of thiocarbonyl (C=S) groups is 1. The molecule has 0 spiro atoms. The summed E-state index contributed by atoms with van der Waals surface area (Å²) in [4.78, 5) is 2.40. The van der Waals surface area contributed by atoms with E-state index in [-0.39, 0.29) is 6.04 Å². The number of sulfone groups is 1. The summed E-state index contributed by atoms with van der Waals surface area (Å²) in [6.45, 7) is 3.66. The van der Waals surface area contributed by atoms with Crippen molar-refractivity contribution in [3.05, 3.63) is 29.8 Å². The van der Waals surface area contributed by atoms with Gasteiger partial charge >= 0.3 is 0 Å². The van der Waals surface area contributed by atoms with Crippen LogP contribution in [0.3, 0.4) is 0 Å². The number of rotatable bonds is 6. The lowest BCUT2D eigenvalue weighted by Crippen LogP contribution is -2.39. The van der Waals surface area contributed by atoms with Gasteiger partial charge in [-0.05, 0) is 50.9 Å². The van der Waals surface area contributed by atoms with Crippen LogP contribution in [0.15, 0.2) is 29.2 Å². The summed E-state index contributed by atoms with van der Waals surface area (Å²) in [5, 5.41) is 6.91. The van der Waals surface area contributed by atoms with Crippen LogP contribution < -0.4 is 10.6 Å². The maximum Gasteiger partial charge on any atom is 0.175 e. The van der Waals surface area contributed by atoms with Crippen LogP contribution in [0.5, 0.6) is 0 Å². The molecule has 7 heteroatoms. The lowest BCUT2D eigenvalue weighted by atomic mass is 10.1. The van der Waals surface area contributed by atoms with Crippen molar-refractivity contribution in [2.45, 2.75) is 17.9 Å². The number of benzene rings is 1. The average molecular weight is 329 g/mol. The molecule has 0 bridgehead atoms. The van der Waals surface area contributed by atoms with E-state index in [0.29, 0.717) is 10.0 Å². The second-order valence-corrected chi connectivity index (χ2v) is 7.69. The van der Waals surface area contributed by atoms with E-state index in [2.05, 4.69) is 15.5 Å². The van der Waals surface area contributed by atoms with Crippen LogP contribution in [0.25, 0.3) is 0 Å². The van der Waals surface area contributed by atoms with Crippen LogP contribution in [0, 0.1) is 0 Å². The topological polar surface area (TPSA) is 61.4 Å². The quantitative estimate of drug-likeness (QED) is 0.764. The smallest absolute Gasteiger partial charge is 0.175 e. The Bertz CT molecular complexity index is 568. The summed E-state index contributed by atoms with van der Waals surface area (Å²) in [6.07, 6.45) is 1.20. The Kier molecular flexibility index (Phi) is 6.57. The van der Waals surface area contributed by atoms with Crippen LogP contribution in [0.4, 0.5) is 0 Å². The second kappa shape index (κ2) is 7.72. The monoisotopic (exact) mass is 329 g/mol. The van der Waals surface area contributed by atoms with Gasteiger partial charge in [0.2, 0.25) is 0 Å². The lowest BCUT2D eigenvalue weighted by Gasteiger charge is -2.18. The summed E-state index contributed by atoms with van der Waals surface area (Å²) in [6, 6.07) is 6.85. The molecule has 0 aliphatic heterocycles. The van der Waals surface area contributed by atoms with Crippen LogP contribution in [0.2, 0.25) is 0 Å². The molecule has 118 valence electrons. The Morgan fingerprint density at radius 2 is 1.86 bits per heavy atom. The predicted octanol–water partition coefficient (Wildman–Crippen LogP) is 1.18. The van der Waals surface area contributed by atoms with Gasteiger partial charge in [-0.1, -0.05) is 12.1 Å². The second-order valence-electron chi connectivity index (χ2n) is 5.27. The van der Waals surface area contributed by atoms with Crippen molar-refractivity contribution in [1.82, 2.24) is 15.5 Å². The third-order valence-corrected chi connectivity index (χ3v) is 4.39. The highest BCUT2D eigenvalue weighted by molar-refractivity contribution is 7.90. The van der Waals surface area contributed by atoms with Gasteiger partial charge < -0.3 is 15.5 Å². The molecule has 0 unspecified atom stereocenters. The molecule has 0 amide bonds. The van der Waals surface area contributed by atoms with Gasteiger partial charge in [0.25, 0.3) is 0 Å². The highest BCUT2D eigenvalue weighted by Gasteiger charge is 2.10. The molecule has 1 aromatic carbocycles. The molecule has 0 aliphatic carbocycles. The fourth-order valence-corrected chi connectivity index (χ4v) is 2.64. The van der Waals surface area contributed by atoms with Gasteiger partial charge in [0, 0.05) is 19.3 Å². The number of nitrogens with one attached hydrogen (secondary N) is 2. The zero-order valence-electron chi connectivity index (χ0n) is 12.9. The SMILES string of the molecule is C[C@H](NC(=S)NCCN(C)C)c1ccc(S(C)(=O)=O)cc1. The predicted molar refractivity (Wildman–Crippen MR) is 90.3 cm³/mol. The molecule has 0 radical (unpaired) electrons. The first-order chi connectivity index (χ1) is 9.70. The third kappa shape index (κ3) is 6.41. The summed E-state index contributed by atoms with van der Waals surface area (Å²) >= 11 is 5.23. The first-order valence-corrected chi connectivity index (χ1v) is 8.99. The number of nitrogens with zero attached hydrogens (tertiary/aromatic N) is 1. The van der Waals surface area contributed by atoms with Gasteiger partial charge in [-0.2, -0.15) is 0 Å². The fraction of sp³-hybridized carbons (Fsp3) is 0.500. The number of hydrogen-bond donors (Lipinski definition) is 2. The minimum absolute atomic E-state index is 0.0120. The van der Waals surface area contributed by atoms with E-state index in [9.17, 15) is 8.42 Å². The van der Waals surface area contributed by atoms with Crippen molar-refractivity contribution in [3.8, 4) is 0 Å². The van der Waals surface area contributed by atoms with Gasteiger partial charge in [-0.3, -0.25) is 0 Å². The van der Waals surface area contributed by atoms with Gasteiger partial charge in [-0.15, -0.1) is 0 Å². The first kappa shape index (κ1) is 17.9. The maximum absolute atomic E-state index is 11.4. The zero-order chi connectivity index (χ0) is 16.0. The normalized spacial score (nSPS) is 13.0. The van der Waals surface area contributed by atoms with Crippen LogP contribution in [-0.4, -0.2) is 51.9 Å². The highest BCUT2D eigenvalue weighted by Crippen LogP contribution is 2.16. The molecule has 0 fully saturated rings. The van der Waals surface area contributed by atoms with Crippen molar-refractivity contribution in [2.24, 2.45) is 0 Å². The van der Waals surface area contributed by atoms with E-state index >= 15 is 0 Å². The van der Waals surface area contributed by atoms with E-state index in [1.165, 1.54) is 6.26 Å². The Morgan fingerprint density at radius 1 is 1.29 bits per heavy atom. The molecule has 0 aromatic heterocycles. The molecule has 0 saturated carbocycles. The van der Waals surface area contributed by atoms with E-state index < -0.39 is 9.84 Å². The Balaban J connectivity index is 2.55. The van der Waals surface area contributed by atoms with E-state index in [0.717, 1.165) is 18.7 Å². The van der Waals surface area contributed by atoms with E-state index in [1.54, 1.807) is 24.3 Å². The molecule has 2 N–H and O–H groups in total. The fourth-order valence-electron chi connectivity index (χ4n) is 1.73. The van der Waals surface area contributed by atoms with E-state index in [1.807, 2.05) is 21.0 Å². The molecule has 5 nitrogen and oxygen atoms in total. The summed E-state index contributed by atoms with van der Waals surface area (Å²) in [5.41, 5.74) is 0.985. The maximum atomic E-state index is 11.4. The molecule has 0 saturated heterocycles.